The number of terminal acetylenes is 1. The van der Waals surface area contributed by atoms with Crippen LogP contribution < -0.4 is 11.1 Å². The van der Waals surface area contributed by atoms with E-state index in [9.17, 15) is 0 Å². The Hall–Kier alpha value is -1.34. The number of benzene rings is 1. The molecule has 1 aliphatic heterocycles. The Bertz CT molecular complexity index is 427. The molecule has 0 spiro atoms. The molecule has 0 amide bonds. The van der Waals surface area contributed by atoms with E-state index in [4.69, 9.17) is 12.2 Å². The minimum Gasteiger partial charge on any atom is -0.329 e. The zero-order valence-corrected chi connectivity index (χ0v) is 12.1. The first-order chi connectivity index (χ1) is 9.78. The summed E-state index contributed by atoms with van der Waals surface area (Å²) in [6.07, 6.45) is 8.62. The Kier molecular flexibility index (Phi) is 5.60. The summed E-state index contributed by atoms with van der Waals surface area (Å²) in [5.74, 6) is 2.65. The average Bonchev–Trinajstić information content (AvgIpc) is 2.53. The molecule has 0 radical (unpaired) electrons. The van der Waals surface area contributed by atoms with Crippen LogP contribution in [0.25, 0.3) is 0 Å². The molecule has 3 nitrogen and oxygen atoms in total. The van der Waals surface area contributed by atoms with Gasteiger partial charge in [-0.25, -0.2) is 0 Å². The van der Waals surface area contributed by atoms with E-state index in [0.29, 0.717) is 13.1 Å². The van der Waals surface area contributed by atoms with Crippen LogP contribution in [0.3, 0.4) is 0 Å². The number of likely N-dealkylation sites (tertiary alicyclic amines) is 1. The van der Waals surface area contributed by atoms with Gasteiger partial charge in [0.1, 0.15) is 0 Å². The molecule has 0 aromatic heterocycles. The molecule has 20 heavy (non-hydrogen) atoms. The van der Waals surface area contributed by atoms with Crippen LogP contribution in [0, 0.1) is 12.3 Å². The van der Waals surface area contributed by atoms with Gasteiger partial charge in [0.2, 0.25) is 0 Å². The molecule has 0 unspecified atom stereocenters. The van der Waals surface area contributed by atoms with Crippen molar-refractivity contribution in [3.05, 3.63) is 35.9 Å². The van der Waals surface area contributed by atoms with E-state index in [-0.39, 0.29) is 5.54 Å². The molecule has 1 aromatic rings. The minimum atomic E-state index is 0.0512. The van der Waals surface area contributed by atoms with Crippen LogP contribution in [-0.4, -0.2) is 43.2 Å². The Balaban J connectivity index is 1.77. The lowest BCUT2D eigenvalue weighted by molar-refractivity contribution is 0.144. The lowest BCUT2D eigenvalue weighted by atomic mass is 9.87. The van der Waals surface area contributed by atoms with Crippen molar-refractivity contribution in [2.24, 2.45) is 5.73 Å². The van der Waals surface area contributed by atoms with Crippen molar-refractivity contribution in [1.29, 1.82) is 0 Å². The molecule has 1 aromatic carbocycles. The molecule has 0 aliphatic carbocycles. The van der Waals surface area contributed by atoms with E-state index in [1.54, 1.807) is 0 Å². The standard InChI is InChI=1S/C17H25N3/c1-2-11-19-17(15-18)9-13-20(14-10-17)12-8-16-6-4-3-5-7-16/h1,3-7,19H,8-15,18H2. The number of nitrogens with two attached hydrogens (primary N) is 1. The molecule has 1 aliphatic rings. The van der Waals surface area contributed by atoms with Crippen LogP contribution in [-0.2, 0) is 6.42 Å². The van der Waals surface area contributed by atoms with Crippen molar-refractivity contribution in [1.82, 2.24) is 10.2 Å². The van der Waals surface area contributed by atoms with Gasteiger partial charge in [0.05, 0.1) is 6.54 Å². The van der Waals surface area contributed by atoms with Crippen molar-refractivity contribution in [3.8, 4) is 12.3 Å². The first kappa shape index (κ1) is 15.1. The zero-order chi connectivity index (χ0) is 14.3. The smallest absolute Gasteiger partial charge is 0.0578 e. The first-order valence-corrected chi connectivity index (χ1v) is 7.43. The van der Waals surface area contributed by atoms with Gasteiger partial charge in [-0.3, -0.25) is 5.32 Å². The fraction of sp³-hybridized carbons (Fsp3) is 0.529. The quantitative estimate of drug-likeness (QED) is 0.765. The normalized spacial score (nSPS) is 18.6. The summed E-state index contributed by atoms with van der Waals surface area (Å²) in [5.41, 5.74) is 7.40. The van der Waals surface area contributed by atoms with E-state index in [0.717, 1.165) is 38.9 Å². The van der Waals surface area contributed by atoms with Crippen LogP contribution in [0.5, 0.6) is 0 Å². The first-order valence-electron chi connectivity index (χ1n) is 7.43. The highest BCUT2D eigenvalue weighted by molar-refractivity contribution is 5.15. The predicted molar refractivity (Wildman–Crippen MR) is 84.4 cm³/mol. The summed E-state index contributed by atoms with van der Waals surface area (Å²) >= 11 is 0. The van der Waals surface area contributed by atoms with Gasteiger partial charge in [-0.1, -0.05) is 36.3 Å². The maximum absolute atomic E-state index is 5.94. The zero-order valence-electron chi connectivity index (χ0n) is 12.1. The molecular formula is C17H25N3. The van der Waals surface area contributed by atoms with Crippen molar-refractivity contribution in [3.63, 3.8) is 0 Å². The highest BCUT2D eigenvalue weighted by atomic mass is 15.2. The molecule has 1 fully saturated rings. The van der Waals surface area contributed by atoms with Crippen molar-refractivity contribution in [2.45, 2.75) is 24.8 Å². The van der Waals surface area contributed by atoms with E-state index in [1.807, 2.05) is 0 Å². The summed E-state index contributed by atoms with van der Waals surface area (Å²) in [6, 6.07) is 10.7. The average molecular weight is 271 g/mol. The largest absolute Gasteiger partial charge is 0.329 e. The third-order valence-corrected chi connectivity index (χ3v) is 4.33. The van der Waals surface area contributed by atoms with Crippen molar-refractivity contribution in [2.75, 3.05) is 32.7 Å². The molecule has 1 heterocycles. The lowest BCUT2D eigenvalue weighted by Crippen LogP contribution is -2.57. The molecule has 3 heteroatoms. The maximum Gasteiger partial charge on any atom is 0.0578 e. The Labute approximate surface area is 122 Å². The number of hydrogen-bond donors (Lipinski definition) is 2. The second-order valence-electron chi connectivity index (χ2n) is 5.62. The SMILES string of the molecule is C#CCNC1(CN)CCN(CCc2ccccc2)CC1. The Morgan fingerprint density at radius 1 is 1.25 bits per heavy atom. The summed E-state index contributed by atoms with van der Waals surface area (Å²) in [6.45, 7) is 4.60. The van der Waals surface area contributed by atoms with Crippen molar-refractivity contribution >= 4 is 0 Å². The van der Waals surface area contributed by atoms with Crippen LogP contribution >= 0.6 is 0 Å². The van der Waals surface area contributed by atoms with Crippen molar-refractivity contribution < 1.29 is 0 Å². The summed E-state index contributed by atoms with van der Waals surface area (Å²) in [4.78, 5) is 2.53. The minimum absolute atomic E-state index is 0.0512. The fourth-order valence-electron chi connectivity index (χ4n) is 2.83. The third-order valence-electron chi connectivity index (χ3n) is 4.33. The maximum atomic E-state index is 5.94. The highest BCUT2D eigenvalue weighted by Crippen LogP contribution is 2.21. The lowest BCUT2D eigenvalue weighted by Gasteiger charge is -2.41. The Morgan fingerprint density at radius 3 is 2.55 bits per heavy atom. The van der Waals surface area contributed by atoms with Crippen LogP contribution in [0.1, 0.15) is 18.4 Å². The Morgan fingerprint density at radius 2 is 1.95 bits per heavy atom. The van der Waals surface area contributed by atoms with E-state index < -0.39 is 0 Å². The molecule has 0 saturated carbocycles. The molecule has 108 valence electrons. The van der Waals surface area contributed by atoms with E-state index in [2.05, 4.69) is 46.5 Å². The topological polar surface area (TPSA) is 41.3 Å². The number of rotatable bonds is 6. The van der Waals surface area contributed by atoms with Gasteiger partial charge >= 0.3 is 0 Å². The monoisotopic (exact) mass is 271 g/mol. The third kappa shape index (κ3) is 4.08. The molecule has 0 atom stereocenters. The van der Waals surface area contributed by atoms with Gasteiger partial charge in [-0.2, -0.15) is 0 Å². The number of nitrogens with zero attached hydrogens (tertiary/aromatic N) is 1. The summed E-state index contributed by atoms with van der Waals surface area (Å²) in [7, 11) is 0. The summed E-state index contributed by atoms with van der Waals surface area (Å²) in [5, 5.41) is 3.44. The second kappa shape index (κ2) is 7.44. The van der Waals surface area contributed by atoms with E-state index in [1.165, 1.54) is 5.56 Å². The number of piperidine rings is 1. The van der Waals surface area contributed by atoms with Crippen LogP contribution in [0.15, 0.2) is 30.3 Å². The molecule has 1 saturated heterocycles. The summed E-state index contributed by atoms with van der Waals surface area (Å²) < 4.78 is 0. The van der Waals surface area contributed by atoms with Gasteiger partial charge in [0.25, 0.3) is 0 Å². The number of hydrogen-bond acceptors (Lipinski definition) is 3. The van der Waals surface area contributed by atoms with Crippen LogP contribution in [0.2, 0.25) is 0 Å². The molecule has 2 rings (SSSR count). The van der Waals surface area contributed by atoms with Gasteiger partial charge < -0.3 is 10.6 Å². The highest BCUT2D eigenvalue weighted by Gasteiger charge is 2.32. The number of nitrogens with one attached hydrogen (secondary N) is 1. The van der Waals surface area contributed by atoms with Gasteiger partial charge in [-0.15, -0.1) is 6.42 Å². The molecule has 3 N–H and O–H groups in total. The van der Waals surface area contributed by atoms with Crippen LogP contribution in [0.4, 0.5) is 0 Å². The fourth-order valence-corrected chi connectivity index (χ4v) is 2.83. The molecular weight excluding hydrogens is 246 g/mol. The van der Waals surface area contributed by atoms with Gasteiger partial charge in [0, 0.05) is 18.6 Å². The second-order valence-corrected chi connectivity index (χ2v) is 5.62. The predicted octanol–water partition coefficient (Wildman–Crippen LogP) is 1.25. The van der Waals surface area contributed by atoms with Gasteiger partial charge in [-0.05, 0) is 37.9 Å². The van der Waals surface area contributed by atoms with Gasteiger partial charge in [0.15, 0.2) is 0 Å². The molecule has 0 bridgehead atoms. The van der Waals surface area contributed by atoms with E-state index >= 15 is 0 Å².